The van der Waals surface area contributed by atoms with E-state index in [-0.39, 0.29) is 11.3 Å². The Hall–Kier alpha value is -1.09. The van der Waals surface area contributed by atoms with E-state index in [0.29, 0.717) is 5.92 Å². The van der Waals surface area contributed by atoms with Gasteiger partial charge in [0.15, 0.2) is 0 Å². The normalized spacial score (nSPS) is 25.0. The van der Waals surface area contributed by atoms with Crippen LogP contribution in [-0.2, 0) is 4.79 Å². The first kappa shape index (κ1) is 17.3. The average Bonchev–Trinajstić information content (AvgIpc) is 2.90. The summed E-state index contributed by atoms with van der Waals surface area (Å²) in [6.07, 6.45) is 13.4. The zero-order chi connectivity index (χ0) is 16.3. The molecule has 1 saturated heterocycles. The van der Waals surface area contributed by atoms with Gasteiger partial charge in [0, 0.05) is 23.9 Å². The highest BCUT2D eigenvalue weighted by Crippen LogP contribution is 2.28. The zero-order valence-electron chi connectivity index (χ0n) is 14.9. The second-order valence-electron chi connectivity index (χ2n) is 8.05. The van der Waals surface area contributed by atoms with Crippen molar-refractivity contribution in [3.63, 3.8) is 0 Å². The van der Waals surface area contributed by atoms with Gasteiger partial charge in [-0.2, -0.15) is 0 Å². The highest BCUT2D eigenvalue weighted by atomic mass is 16.2. The third-order valence-electron chi connectivity index (χ3n) is 5.05. The molecule has 1 amide bonds. The van der Waals surface area contributed by atoms with E-state index in [1.54, 1.807) is 4.90 Å². The highest BCUT2D eigenvalue weighted by molar-refractivity contribution is 5.83. The smallest absolute Gasteiger partial charge is 0.235 e. The van der Waals surface area contributed by atoms with Crippen molar-refractivity contribution in [3.8, 4) is 0 Å². The Balaban J connectivity index is 1.80. The molecular weight excluding hydrogens is 272 g/mol. The van der Waals surface area contributed by atoms with Gasteiger partial charge in [0.05, 0.1) is 0 Å². The number of nitrogens with zero attached hydrogens (tertiary/aromatic N) is 2. The Labute approximate surface area is 136 Å². The van der Waals surface area contributed by atoms with Crippen LogP contribution in [0.2, 0.25) is 0 Å². The van der Waals surface area contributed by atoms with Crippen LogP contribution in [-0.4, -0.2) is 35.3 Å². The molecule has 2 atom stereocenters. The highest BCUT2D eigenvalue weighted by Gasteiger charge is 2.28. The lowest BCUT2D eigenvalue weighted by Gasteiger charge is -2.28. The molecule has 22 heavy (non-hydrogen) atoms. The van der Waals surface area contributed by atoms with Gasteiger partial charge in [-0.15, -0.1) is 0 Å². The number of amides is 1. The third kappa shape index (κ3) is 4.22. The second-order valence-corrected chi connectivity index (χ2v) is 8.05. The Bertz CT molecular complexity index is 433. The van der Waals surface area contributed by atoms with Crippen LogP contribution in [0.1, 0.15) is 53.4 Å². The predicted octanol–water partition coefficient (Wildman–Crippen LogP) is 4.03. The summed E-state index contributed by atoms with van der Waals surface area (Å²) in [5.74, 6) is 1.38. The van der Waals surface area contributed by atoms with Crippen molar-refractivity contribution in [2.24, 2.45) is 17.3 Å². The molecule has 1 unspecified atom stereocenters. The van der Waals surface area contributed by atoms with E-state index in [0.717, 1.165) is 12.0 Å². The van der Waals surface area contributed by atoms with Crippen molar-refractivity contribution < 1.29 is 4.79 Å². The SMILES string of the molecule is CC(CCC1C=CN(C(=O)C(C)(C)C)C=C1)[C@@H]1CCCN1C. The van der Waals surface area contributed by atoms with Crippen molar-refractivity contribution in [1.29, 1.82) is 0 Å². The van der Waals surface area contributed by atoms with Gasteiger partial charge in [-0.25, -0.2) is 0 Å². The minimum atomic E-state index is -0.330. The molecule has 3 nitrogen and oxygen atoms in total. The number of rotatable bonds is 4. The van der Waals surface area contributed by atoms with E-state index >= 15 is 0 Å². The van der Waals surface area contributed by atoms with Gasteiger partial charge in [-0.3, -0.25) is 9.69 Å². The fourth-order valence-electron chi connectivity index (χ4n) is 3.54. The molecule has 0 N–H and O–H groups in total. The number of likely N-dealkylation sites (tertiary alicyclic amines) is 1. The molecule has 0 aromatic heterocycles. The van der Waals surface area contributed by atoms with Crippen LogP contribution in [0.3, 0.4) is 0 Å². The van der Waals surface area contributed by atoms with Gasteiger partial charge in [-0.05, 0) is 51.1 Å². The number of hydrogen-bond donors (Lipinski definition) is 0. The Morgan fingerprint density at radius 3 is 2.41 bits per heavy atom. The molecule has 0 radical (unpaired) electrons. The van der Waals surface area contributed by atoms with E-state index in [9.17, 15) is 4.79 Å². The van der Waals surface area contributed by atoms with Crippen molar-refractivity contribution in [2.45, 2.75) is 59.4 Å². The summed E-state index contributed by atoms with van der Waals surface area (Å²) in [6, 6.07) is 0.760. The van der Waals surface area contributed by atoms with E-state index < -0.39 is 0 Å². The Morgan fingerprint density at radius 2 is 1.91 bits per heavy atom. The van der Waals surface area contributed by atoms with Gasteiger partial charge in [0.1, 0.15) is 0 Å². The minimum Gasteiger partial charge on any atom is -0.303 e. The predicted molar refractivity (Wildman–Crippen MR) is 92.1 cm³/mol. The largest absolute Gasteiger partial charge is 0.303 e. The van der Waals surface area contributed by atoms with E-state index in [2.05, 4.69) is 31.0 Å². The van der Waals surface area contributed by atoms with E-state index in [4.69, 9.17) is 0 Å². The van der Waals surface area contributed by atoms with Gasteiger partial charge < -0.3 is 4.90 Å². The second kappa shape index (κ2) is 6.99. The fraction of sp³-hybridized carbons (Fsp3) is 0.737. The maximum absolute atomic E-state index is 12.2. The molecule has 0 spiro atoms. The number of carbonyl (C=O) groups is 1. The molecule has 2 aliphatic rings. The van der Waals surface area contributed by atoms with Gasteiger partial charge >= 0.3 is 0 Å². The molecule has 2 aliphatic heterocycles. The van der Waals surface area contributed by atoms with Crippen LogP contribution in [0, 0.1) is 17.3 Å². The first-order valence-corrected chi connectivity index (χ1v) is 8.68. The maximum atomic E-state index is 12.2. The van der Waals surface area contributed by atoms with Crippen LogP contribution < -0.4 is 0 Å². The molecule has 0 aliphatic carbocycles. The number of hydrogen-bond acceptors (Lipinski definition) is 2. The van der Waals surface area contributed by atoms with Crippen molar-refractivity contribution in [2.75, 3.05) is 13.6 Å². The van der Waals surface area contributed by atoms with Crippen LogP contribution in [0.25, 0.3) is 0 Å². The van der Waals surface area contributed by atoms with Crippen LogP contribution >= 0.6 is 0 Å². The third-order valence-corrected chi connectivity index (χ3v) is 5.05. The first-order chi connectivity index (χ1) is 10.3. The van der Waals surface area contributed by atoms with E-state index in [1.807, 2.05) is 33.2 Å². The fourth-order valence-corrected chi connectivity index (χ4v) is 3.54. The van der Waals surface area contributed by atoms with Crippen LogP contribution in [0.4, 0.5) is 0 Å². The summed E-state index contributed by atoms with van der Waals surface area (Å²) in [6.45, 7) is 9.52. The minimum absolute atomic E-state index is 0.152. The standard InChI is InChI=1S/C19H32N2O/c1-15(17-7-6-12-20(17)5)8-9-16-10-13-21(14-11-16)18(22)19(2,3)4/h10-11,13-17H,6-9,12H2,1-5H3/t15?,17-/m0/s1. The number of allylic oxidation sites excluding steroid dienone is 2. The maximum Gasteiger partial charge on any atom is 0.235 e. The summed E-state index contributed by atoms with van der Waals surface area (Å²) < 4.78 is 0. The lowest BCUT2D eigenvalue weighted by Crippen LogP contribution is -2.33. The summed E-state index contributed by atoms with van der Waals surface area (Å²) in [5, 5.41) is 0. The Morgan fingerprint density at radius 1 is 1.27 bits per heavy atom. The summed E-state index contributed by atoms with van der Waals surface area (Å²) in [4.78, 5) is 16.5. The summed E-state index contributed by atoms with van der Waals surface area (Å²) in [5.41, 5.74) is -0.330. The monoisotopic (exact) mass is 304 g/mol. The van der Waals surface area contributed by atoms with Crippen LogP contribution in [0.5, 0.6) is 0 Å². The van der Waals surface area contributed by atoms with Crippen molar-refractivity contribution in [1.82, 2.24) is 9.80 Å². The molecule has 0 aromatic rings. The molecule has 1 fully saturated rings. The average molecular weight is 304 g/mol. The molecule has 2 rings (SSSR count). The number of carbonyl (C=O) groups excluding carboxylic acids is 1. The molecule has 2 heterocycles. The summed E-state index contributed by atoms with van der Waals surface area (Å²) >= 11 is 0. The summed E-state index contributed by atoms with van der Waals surface area (Å²) in [7, 11) is 2.25. The molecule has 0 bridgehead atoms. The molecular formula is C19H32N2O. The molecule has 3 heteroatoms. The van der Waals surface area contributed by atoms with Gasteiger partial charge in [0.2, 0.25) is 5.91 Å². The Kier molecular flexibility index (Phi) is 5.49. The van der Waals surface area contributed by atoms with Crippen LogP contribution in [0.15, 0.2) is 24.6 Å². The van der Waals surface area contributed by atoms with Crippen molar-refractivity contribution in [3.05, 3.63) is 24.6 Å². The topological polar surface area (TPSA) is 23.6 Å². The lowest BCUT2D eigenvalue weighted by atomic mass is 9.89. The van der Waals surface area contributed by atoms with Gasteiger partial charge in [0.25, 0.3) is 0 Å². The van der Waals surface area contributed by atoms with E-state index in [1.165, 1.54) is 32.2 Å². The zero-order valence-corrected chi connectivity index (χ0v) is 14.9. The first-order valence-electron chi connectivity index (χ1n) is 8.68. The van der Waals surface area contributed by atoms with Crippen molar-refractivity contribution >= 4 is 5.91 Å². The molecule has 0 saturated carbocycles. The molecule has 0 aromatic carbocycles. The molecule has 124 valence electrons. The van der Waals surface area contributed by atoms with Gasteiger partial charge in [-0.1, -0.05) is 39.8 Å². The lowest BCUT2D eigenvalue weighted by molar-refractivity contribution is -0.134. The quantitative estimate of drug-likeness (QED) is 0.783.